The van der Waals surface area contributed by atoms with Gasteiger partial charge in [0.1, 0.15) is 12.6 Å². The van der Waals surface area contributed by atoms with Gasteiger partial charge in [0.05, 0.1) is 16.9 Å². The molecule has 13 heteroatoms. The summed E-state index contributed by atoms with van der Waals surface area (Å²) in [5.41, 5.74) is 0.0430. The van der Waals surface area contributed by atoms with Crippen LogP contribution in [-0.4, -0.2) is 54.9 Å². The van der Waals surface area contributed by atoms with Gasteiger partial charge in [-0.05, 0) is 37.5 Å². The van der Waals surface area contributed by atoms with Gasteiger partial charge in [-0.1, -0.05) is 61.5 Å². The van der Waals surface area contributed by atoms with Crippen LogP contribution in [0, 0.1) is 10.1 Å². The van der Waals surface area contributed by atoms with Crippen molar-refractivity contribution in [2.75, 3.05) is 17.1 Å². The molecular weight excluding hydrogens is 567 g/mol. The number of nitrogens with zero attached hydrogens (tertiary/aromatic N) is 3. The molecule has 10 nitrogen and oxygen atoms in total. The molecule has 2 aromatic carbocycles. The van der Waals surface area contributed by atoms with Crippen LogP contribution < -0.4 is 9.62 Å². The molecule has 0 aliphatic heterocycles. The Morgan fingerprint density at radius 2 is 1.72 bits per heavy atom. The topological polar surface area (TPSA) is 130 Å². The number of nitro groups is 1. The fourth-order valence-corrected chi connectivity index (χ4v) is 6.05. The van der Waals surface area contributed by atoms with Crippen LogP contribution in [0.15, 0.2) is 42.5 Å². The van der Waals surface area contributed by atoms with Crippen molar-refractivity contribution in [2.45, 2.75) is 64.1 Å². The van der Waals surface area contributed by atoms with E-state index in [0.717, 1.165) is 48.7 Å². The van der Waals surface area contributed by atoms with Crippen molar-refractivity contribution in [3.63, 3.8) is 0 Å². The second kappa shape index (κ2) is 13.5. The molecule has 212 valence electrons. The molecule has 39 heavy (non-hydrogen) atoms. The average molecular weight is 600 g/mol. The van der Waals surface area contributed by atoms with E-state index in [-0.39, 0.29) is 36.3 Å². The molecule has 2 aromatic rings. The van der Waals surface area contributed by atoms with E-state index in [1.54, 1.807) is 25.1 Å². The Bertz CT molecular complexity index is 1300. The van der Waals surface area contributed by atoms with Crippen LogP contribution in [0.4, 0.5) is 11.4 Å². The lowest BCUT2D eigenvalue weighted by molar-refractivity contribution is -0.384. The third-order valence-corrected chi connectivity index (χ3v) is 8.58. The van der Waals surface area contributed by atoms with Gasteiger partial charge in [-0.25, -0.2) is 8.42 Å². The summed E-state index contributed by atoms with van der Waals surface area (Å²) in [4.78, 5) is 39.2. The van der Waals surface area contributed by atoms with Gasteiger partial charge in [0, 0.05) is 40.3 Å². The summed E-state index contributed by atoms with van der Waals surface area (Å²) in [5, 5.41) is 14.9. The van der Waals surface area contributed by atoms with E-state index < -0.39 is 33.4 Å². The minimum atomic E-state index is -4.04. The van der Waals surface area contributed by atoms with E-state index >= 15 is 0 Å². The Labute approximate surface area is 238 Å². The van der Waals surface area contributed by atoms with Crippen molar-refractivity contribution >= 4 is 56.4 Å². The van der Waals surface area contributed by atoms with Crippen molar-refractivity contribution in [1.29, 1.82) is 0 Å². The lowest BCUT2D eigenvalue weighted by Crippen LogP contribution is -2.54. The van der Waals surface area contributed by atoms with Gasteiger partial charge in [-0.15, -0.1) is 0 Å². The van der Waals surface area contributed by atoms with Gasteiger partial charge in [0.15, 0.2) is 0 Å². The third-order valence-electron chi connectivity index (χ3n) is 6.74. The molecule has 0 saturated heterocycles. The van der Waals surface area contributed by atoms with Crippen molar-refractivity contribution < 1.29 is 22.9 Å². The zero-order valence-electron chi connectivity index (χ0n) is 21.8. The predicted octanol–water partition coefficient (Wildman–Crippen LogP) is 4.92. The van der Waals surface area contributed by atoms with Crippen molar-refractivity contribution in [3.8, 4) is 0 Å². The quantitative estimate of drug-likeness (QED) is 0.288. The number of hydrogen-bond donors (Lipinski definition) is 1. The Morgan fingerprint density at radius 3 is 2.28 bits per heavy atom. The number of anilines is 1. The second-order valence-corrected chi connectivity index (χ2v) is 12.3. The van der Waals surface area contributed by atoms with Crippen LogP contribution in [0.25, 0.3) is 0 Å². The second-order valence-electron chi connectivity index (χ2n) is 9.54. The Balaban J connectivity index is 1.98. The fraction of sp³-hybridized carbons (Fsp3) is 0.462. The maximum Gasteiger partial charge on any atom is 0.271 e. The molecule has 0 aromatic heterocycles. The third kappa shape index (κ3) is 8.06. The molecule has 1 saturated carbocycles. The SMILES string of the molecule is CC[C@@H](C(=O)NC1CCCCC1)N(Cc1c(Cl)cccc1Cl)C(=O)CN(c1cccc([N+](=O)[O-])c1)S(C)(=O)=O. The lowest BCUT2D eigenvalue weighted by atomic mass is 9.95. The first-order valence-electron chi connectivity index (χ1n) is 12.7. The van der Waals surface area contributed by atoms with Gasteiger partial charge in [0.2, 0.25) is 21.8 Å². The summed E-state index contributed by atoms with van der Waals surface area (Å²) in [6, 6.07) is 8.95. The maximum atomic E-state index is 13.8. The number of nitrogens with one attached hydrogen (secondary N) is 1. The number of hydrogen-bond acceptors (Lipinski definition) is 6. The largest absolute Gasteiger partial charge is 0.352 e. The van der Waals surface area contributed by atoms with E-state index in [4.69, 9.17) is 23.2 Å². The van der Waals surface area contributed by atoms with E-state index in [0.29, 0.717) is 15.6 Å². The van der Waals surface area contributed by atoms with E-state index in [2.05, 4.69) is 5.32 Å². The first-order chi connectivity index (χ1) is 18.4. The number of halogens is 2. The van der Waals surface area contributed by atoms with E-state index in [1.807, 2.05) is 0 Å². The molecule has 0 spiro atoms. The molecule has 2 amide bonds. The zero-order valence-corrected chi connectivity index (χ0v) is 24.1. The molecule has 1 atom stereocenters. The monoisotopic (exact) mass is 598 g/mol. The summed E-state index contributed by atoms with van der Waals surface area (Å²) >= 11 is 12.8. The standard InChI is InChI=1S/C26H32Cl2N4O6S/c1-3-24(26(34)29-18-9-5-4-6-10-18)30(16-21-22(27)13-8-14-23(21)28)25(33)17-31(39(2,37)38)19-11-7-12-20(15-19)32(35)36/h7-8,11-15,18,24H,3-6,9-10,16-17H2,1-2H3,(H,29,34)/t24-/m0/s1. The molecule has 1 aliphatic carbocycles. The predicted molar refractivity (Wildman–Crippen MR) is 151 cm³/mol. The average Bonchev–Trinajstić information content (AvgIpc) is 2.88. The van der Waals surface area contributed by atoms with Gasteiger partial charge in [-0.2, -0.15) is 0 Å². The summed E-state index contributed by atoms with van der Waals surface area (Å²) in [7, 11) is -4.04. The first kappa shape index (κ1) is 30.6. The first-order valence-corrected chi connectivity index (χ1v) is 15.3. The van der Waals surface area contributed by atoms with Crippen LogP contribution >= 0.6 is 23.2 Å². The molecule has 0 bridgehead atoms. The smallest absolute Gasteiger partial charge is 0.271 e. The van der Waals surface area contributed by atoms with E-state index in [1.165, 1.54) is 23.1 Å². The van der Waals surface area contributed by atoms with Crippen LogP contribution in [0.3, 0.4) is 0 Å². The van der Waals surface area contributed by atoms with Crippen LogP contribution in [-0.2, 0) is 26.2 Å². The van der Waals surface area contributed by atoms with Gasteiger partial charge in [-0.3, -0.25) is 24.0 Å². The highest BCUT2D eigenvalue weighted by molar-refractivity contribution is 7.92. The summed E-state index contributed by atoms with van der Waals surface area (Å²) in [6.07, 6.45) is 5.97. The summed E-state index contributed by atoms with van der Waals surface area (Å²) < 4.78 is 26.3. The highest BCUT2D eigenvalue weighted by Crippen LogP contribution is 2.28. The number of benzene rings is 2. The fourth-order valence-electron chi connectivity index (χ4n) is 4.69. The molecule has 0 radical (unpaired) electrons. The molecular formula is C26H32Cl2N4O6S. The Morgan fingerprint density at radius 1 is 1.10 bits per heavy atom. The van der Waals surface area contributed by atoms with Gasteiger partial charge in [0.25, 0.3) is 5.69 Å². The summed E-state index contributed by atoms with van der Waals surface area (Å²) in [6.45, 7) is 0.935. The number of sulfonamides is 1. The normalized spacial score (nSPS) is 14.9. The van der Waals surface area contributed by atoms with Crippen molar-refractivity contribution in [3.05, 3.63) is 68.2 Å². The minimum absolute atomic E-state index is 0.00135. The lowest BCUT2D eigenvalue weighted by Gasteiger charge is -2.34. The van der Waals surface area contributed by atoms with Crippen molar-refractivity contribution in [1.82, 2.24) is 10.2 Å². The molecule has 3 rings (SSSR count). The highest BCUT2D eigenvalue weighted by Gasteiger charge is 2.33. The van der Waals surface area contributed by atoms with Gasteiger partial charge >= 0.3 is 0 Å². The van der Waals surface area contributed by atoms with Crippen LogP contribution in [0.2, 0.25) is 10.0 Å². The number of rotatable bonds is 11. The Hall–Kier alpha value is -2.89. The molecule has 1 fully saturated rings. The number of nitro benzene ring substituents is 1. The maximum absolute atomic E-state index is 13.8. The molecule has 1 aliphatic rings. The number of non-ortho nitro benzene ring substituents is 1. The van der Waals surface area contributed by atoms with Crippen molar-refractivity contribution in [2.24, 2.45) is 0 Å². The van der Waals surface area contributed by atoms with E-state index in [9.17, 15) is 28.1 Å². The molecule has 0 heterocycles. The van der Waals surface area contributed by atoms with Crippen LogP contribution in [0.5, 0.6) is 0 Å². The number of carbonyl (C=O) groups excluding carboxylic acids is 2. The highest BCUT2D eigenvalue weighted by atomic mass is 35.5. The minimum Gasteiger partial charge on any atom is -0.352 e. The molecule has 1 N–H and O–H groups in total. The Kier molecular flexibility index (Phi) is 10.6. The summed E-state index contributed by atoms with van der Waals surface area (Å²) in [5.74, 6) is -1.03. The van der Waals surface area contributed by atoms with Gasteiger partial charge < -0.3 is 10.2 Å². The van der Waals surface area contributed by atoms with Crippen LogP contribution in [0.1, 0.15) is 51.0 Å². The number of amides is 2. The number of carbonyl (C=O) groups is 2. The zero-order chi connectivity index (χ0) is 28.7. The molecule has 0 unspecified atom stereocenters.